The van der Waals surface area contributed by atoms with Crippen LogP contribution in [0.25, 0.3) is 0 Å². The van der Waals surface area contributed by atoms with Crippen LogP contribution in [-0.2, 0) is 18.6 Å². The van der Waals surface area contributed by atoms with E-state index in [-0.39, 0.29) is 37.7 Å². The van der Waals surface area contributed by atoms with E-state index in [9.17, 15) is 15.3 Å². The molecule has 2 aromatic carbocycles. The molecule has 0 aliphatic rings. The Hall–Kier alpha value is -1.19. The summed E-state index contributed by atoms with van der Waals surface area (Å²) < 4.78 is 14.6. The number of hydrogen-bond donors (Lipinski definition) is 3. The molecule has 0 aliphatic carbocycles. The first-order chi connectivity index (χ1) is 16.6. The summed E-state index contributed by atoms with van der Waals surface area (Å²) in [7, 11) is 0. The molecule has 3 N–H and O–H groups in total. The monoisotopic (exact) mass is 723 g/mol. The van der Waals surface area contributed by atoms with E-state index < -0.39 is 12.2 Å². The number of alkyl halides is 1. The van der Waals surface area contributed by atoms with E-state index in [2.05, 4.69) is 52.8 Å². The number of aromatic nitrogens is 3. The van der Waals surface area contributed by atoms with Crippen LogP contribution < -0.4 is 9.47 Å². The SMILES string of the molecule is CC(C)(c1ccc(OC[C@@H](O)CCl)cc1)c1ccc(OC[C@@H](O)Cn2nnc(CO)c2[123I])c(I)c1. The maximum absolute atomic E-state index is 10.4. The number of aliphatic hydroxyl groups is 3. The minimum Gasteiger partial charge on any atom is -0.491 e. The van der Waals surface area contributed by atoms with Crippen LogP contribution in [0.3, 0.4) is 0 Å². The topological polar surface area (TPSA) is 110 Å². The molecule has 0 amide bonds. The summed E-state index contributed by atoms with van der Waals surface area (Å²) >= 11 is 9.89. The molecule has 0 radical (unpaired) electrons. The van der Waals surface area contributed by atoms with Gasteiger partial charge in [-0.25, -0.2) is 4.68 Å². The van der Waals surface area contributed by atoms with Crippen molar-refractivity contribution in [3.63, 3.8) is 0 Å². The summed E-state index contributed by atoms with van der Waals surface area (Å²) in [5.74, 6) is 1.50. The number of ether oxygens (including phenoxy) is 2. The van der Waals surface area contributed by atoms with Gasteiger partial charge in [0.25, 0.3) is 0 Å². The van der Waals surface area contributed by atoms with E-state index >= 15 is 0 Å². The van der Waals surface area contributed by atoms with Crippen molar-refractivity contribution >= 4 is 56.8 Å². The van der Waals surface area contributed by atoms with Gasteiger partial charge in [-0.05, 0) is 80.6 Å². The summed E-state index contributed by atoms with van der Waals surface area (Å²) in [6, 6.07) is 13.8. The lowest BCUT2D eigenvalue weighted by Gasteiger charge is -2.27. The molecule has 11 heteroatoms. The van der Waals surface area contributed by atoms with Crippen molar-refractivity contribution in [3.05, 3.63) is 66.6 Å². The molecular weight excluding hydrogens is 696 g/mol. The predicted octanol–water partition coefficient (Wildman–Crippen LogP) is 3.72. The molecule has 0 saturated heterocycles. The van der Waals surface area contributed by atoms with Gasteiger partial charge >= 0.3 is 0 Å². The number of benzene rings is 2. The van der Waals surface area contributed by atoms with Gasteiger partial charge in [0.05, 0.1) is 22.6 Å². The highest BCUT2D eigenvalue weighted by molar-refractivity contribution is 14.1. The van der Waals surface area contributed by atoms with Crippen LogP contribution in [0.1, 0.15) is 30.7 Å². The van der Waals surface area contributed by atoms with Crippen LogP contribution in [-0.4, -0.2) is 61.6 Å². The molecule has 1 aromatic heterocycles. The molecule has 3 rings (SSSR count). The number of halogens is 3. The zero-order valence-electron chi connectivity index (χ0n) is 19.4. The Kier molecular flexibility index (Phi) is 10.4. The van der Waals surface area contributed by atoms with Gasteiger partial charge in [-0.1, -0.05) is 37.3 Å². The summed E-state index contributed by atoms with van der Waals surface area (Å²) in [6.45, 7) is 4.58. The first-order valence-corrected chi connectivity index (χ1v) is 13.6. The number of rotatable bonds is 12. The van der Waals surface area contributed by atoms with Crippen LogP contribution in [0.15, 0.2) is 42.5 Å². The zero-order valence-corrected chi connectivity index (χ0v) is 24.4. The van der Waals surface area contributed by atoms with Gasteiger partial charge in [-0.2, -0.15) is 0 Å². The summed E-state index contributed by atoms with van der Waals surface area (Å²) in [4.78, 5) is 0. The van der Waals surface area contributed by atoms with Crippen molar-refractivity contribution in [2.75, 3.05) is 19.1 Å². The van der Waals surface area contributed by atoms with Crippen molar-refractivity contribution in [2.45, 2.75) is 44.6 Å². The minimum absolute atomic E-state index is 0.100. The van der Waals surface area contributed by atoms with Gasteiger partial charge < -0.3 is 24.8 Å². The normalized spacial score (nSPS) is 13.5. The lowest BCUT2D eigenvalue weighted by molar-refractivity contribution is 0.0877. The van der Waals surface area contributed by atoms with Crippen LogP contribution in [0.4, 0.5) is 0 Å². The van der Waals surface area contributed by atoms with Crippen molar-refractivity contribution < 1.29 is 24.8 Å². The van der Waals surface area contributed by atoms with Crippen LogP contribution in [0.2, 0.25) is 0 Å². The van der Waals surface area contributed by atoms with Gasteiger partial charge in [0.2, 0.25) is 0 Å². The van der Waals surface area contributed by atoms with E-state index in [0.29, 0.717) is 20.9 Å². The number of nitrogens with zero attached hydrogens (tertiary/aromatic N) is 3. The Balaban J connectivity index is 1.62. The quantitative estimate of drug-likeness (QED) is 0.193. The fourth-order valence-electron chi connectivity index (χ4n) is 3.37. The second kappa shape index (κ2) is 12.9. The molecule has 0 spiro atoms. The maximum Gasteiger partial charge on any atom is 0.132 e. The molecule has 190 valence electrons. The molecule has 1 heterocycles. The number of hydrogen-bond acceptors (Lipinski definition) is 7. The smallest absolute Gasteiger partial charge is 0.132 e. The fraction of sp³-hybridized carbons (Fsp3) is 0.417. The van der Waals surface area contributed by atoms with Crippen molar-refractivity contribution in [2.24, 2.45) is 0 Å². The van der Waals surface area contributed by atoms with Crippen LogP contribution in [0.5, 0.6) is 11.5 Å². The van der Waals surface area contributed by atoms with Gasteiger partial charge in [0, 0.05) is 5.41 Å². The molecule has 0 aliphatic heterocycles. The Morgan fingerprint density at radius 3 is 2.31 bits per heavy atom. The highest BCUT2D eigenvalue weighted by Gasteiger charge is 2.24. The third-order valence-electron chi connectivity index (χ3n) is 5.55. The molecule has 0 saturated carbocycles. The molecular formula is C24H28ClI2N3O5. The Morgan fingerprint density at radius 1 is 1.06 bits per heavy atom. The van der Waals surface area contributed by atoms with E-state index in [4.69, 9.17) is 21.1 Å². The predicted molar refractivity (Wildman–Crippen MR) is 150 cm³/mol. The molecule has 35 heavy (non-hydrogen) atoms. The summed E-state index contributed by atoms with van der Waals surface area (Å²) in [6.07, 6.45) is -1.47. The van der Waals surface area contributed by atoms with E-state index in [1.165, 1.54) is 0 Å². The van der Waals surface area contributed by atoms with E-state index in [1.807, 2.05) is 59.0 Å². The van der Waals surface area contributed by atoms with Gasteiger partial charge in [0.1, 0.15) is 46.3 Å². The third-order valence-corrected chi connectivity index (χ3v) is 7.93. The maximum atomic E-state index is 10.4. The summed E-state index contributed by atoms with van der Waals surface area (Å²) in [5.41, 5.74) is 2.46. The molecule has 0 fully saturated rings. The van der Waals surface area contributed by atoms with Crippen molar-refractivity contribution in [3.8, 4) is 11.5 Å². The lowest BCUT2D eigenvalue weighted by atomic mass is 9.78. The van der Waals surface area contributed by atoms with Crippen molar-refractivity contribution in [1.29, 1.82) is 0 Å². The number of aliphatic hydroxyl groups excluding tert-OH is 3. The van der Waals surface area contributed by atoms with E-state index in [0.717, 1.165) is 14.7 Å². The first-order valence-electron chi connectivity index (χ1n) is 10.9. The Bertz CT molecular complexity index is 1110. The molecule has 8 nitrogen and oxygen atoms in total. The standard InChI is InChI=1S/C24H28ClI2N3O5/c1-24(2,15-3-6-19(7-4-15)34-13-17(32)10-25)16-5-8-22(20(26)9-16)35-14-18(33)11-30-23(27)21(12-31)28-29-30/h3-9,17-18,31-33H,10-14H2,1-2H3/t17-,18-/m0/s1/i27-4. The van der Waals surface area contributed by atoms with Gasteiger partial charge in [-0.3, -0.25) is 0 Å². The Morgan fingerprint density at radius 2 is 1.71 bits per heavy atom. The largest absolute Gasteiger partial charge is 0.491 e. The average Bonchev–Trinajstić information content (AvgIpc) is 3.20. The third kappa shape index (κ3) is 7.41. The Labute approximate surface area is 236 Å². The highest BCUT2D eigenvalue weighted by Crippen LogP contribution is 2.35. The van der Waals surface area contributed by atoms with Crippen molar-refractivity contribution in [1.82, 2.24) is 15.0 Å². The van der Waals surface area contributed by atoms with E-state index in [1.54, 1.807) is 4.68 Å². The molecule has 0 unspecified atom stereocenters. The van der Waals surface area contributed by atoms with Gasteiger partial charge in [0.15, 0.2) is 0 Å². The van der Waals surface area contributed by atoms with Crippen LogP contribution >= 0.6 is 56.8 Å². The lowest BCUT2D eigenvalue weighted by Crippen LogP contribution is -2.25. The highest BCUT2D eigenvalue weighted by atomic mass is 127. The summed E-state index contributed by atoms with van der Waals surface area (Å²) in [5, 5.41) is 37.0. The second-order valence-electron chi connectivity index (χ2n) is 8.55. The fourth-order valence-corrected chi connectivity index (χ4v) is 4.70. The molecule has 3 aromatic rings. The minimum atomic E-state index is -0.782. The van der Waals surface area contributed by atoms with Gasteiger partial charge in [-0.15, -0.1) is 16.7 Å². The molecule has 2 atom stereocenters. The second-order valence-corrected chi connectivity index (χ2v) is 11.0. The average molecular weight is 724 g/mol. The molecule has 0 bridgehead atoms. The van der Waals surface area contributed by atoms with Crippen LogP contribution in [0, 0.1) is 7.27 Å². The zero-order chi connectivity index (χ0) is 25.6. The first kappa shape index (κ1) is 28.4.